The molecule has 1 saturated heterocycles. The summed E-state index contributed by atoms with van der Waals surface area (Å²) in [4.78, 5) is 33.6. The van der Waals surface area contributed by atoms with Crippen LogP contribution in [0, 0.1) is 0 Å². The SMILES string of the molecule is O=CN1CCN(c2nc3ccccc3[nH]c2=O)CC1. The zero-order valence-corrected chi connectivity index (χ0v) is 10.4. The number of nitrogens with one attached hydrogen (secondary N) is 1. The predicted octanol–water partition coefficient (Wildman–Crippen LogP) is 0.201. The molecule has 0 saturated carbocycles. The molecule has 1 aliphatic heterocycles. The molecule has 2 aromatic rings. The summed E-state index contributed by atoms with van der Waals surface area (Å²) in [6.07, 6.45) is 0.843. The number of carbonyl (C=O) groups is 1. The average Bonchev–Trinajstić information content (AvgIpc) is 2.47. The van der Waals surface area contributed by atoms with E-state index in [2.05, 4.69) is 9.97 Å². The number of amides is 1. The number of hydrogen-bond donors (Lipinski definition) is 1. The van der Waals surface area contributed by atoms with E-state index < -0.39 is 0 Å². The number of carbonyl (C=O) groups excluding carboxylic acids is 1. The smallest absolute Gasteiger partial charge is 0.291 e. The second kappa shape index (κ2) is 4.72. The van der Waals surface area contributed by atoms with Crippen LogP contribution < -0.4 is 10.5 Å². The molecule has 1 amide bonds. The third-order valence-corrected chi connectivity index (χ3v) is 3.34. The van der Waals surface area contributed by atoms with Crippen molar-refractivity contribution in [2.24, 2.45) is 0 Å². The monoisotopic (exact) mass is 258 g/mol. The van der Waals surface area contributed by atoms with E-state index in [0.717, 1.165) is 17.4 Å². The second-order valence-electron chi connectivity index (χ2n) is 4.54. The Morgan fingerprint density at radius 1 is 1.16 bits per heavy atom. The van der Waals surface area contributed by atoms with Crippen LogP contribution in [0.3, 0.4) is 0 Å². The largest absolute Gasteiger partial charge is 0.348 e. The number of aromatic nitrogens is 2. The maximum Gasteiger partial charge on any atom is 0.291 e. The van der Waals surface area contributed by atoms with Crippen molar-refractivity contribution in [2.75, 3.05) is 31.1 Å². The first-order chi connectivity index (χ1) is 9.28. The molecular formula is C13H14N4O2. The van der Waals surface area contributed by atoms with Crippen LogP contribution in [0.4, 0.5) is 5.82 Å². The van der Waals surface area contributed by atoms with E-state index >= 15 is 0 Å². The summed E-state index contributed by atoms with van der Waals surface area (Å²) in [6, 6.07) is 7.46. The standard InChI is InChI=1S/C13H14N4O2/c18-9-16-5-7-17(8-6-16)12-13(19)15-11-4-2-1-3-10(11)14-12/h1-4,9H,5-8H2,(H,15,19). The zero-order valence-electron chi connectivity index (χ0n) is 10.4. The van der Waals surface area contributed by atoms with Gasteiger partial charge in [0, 0.05) is 26.2 Å². The van der Waals surface area contributed by atoms with Gasteiger partial charge in [-0.3, -0.25) is 9.59 Å². The quantitative estimate of drug-likeness (QED) is 0.781. The highest BCUT2D eigenvalue weighted by molar-refractivity contribution is 5.75. The molecular weight excluding hydrogens is 244 g/mol. The molecule has 0 radical (unpaired) electrons. The number of fused-ring (bicyclic) bond motifs is 1. The second-order valence-corrected chi connectivity index (χ2v) is 4.54. The van der Waals surface area contributed by atoms with Gasteiger partial charge in [0.15, 0.2) is 5.82 Å². The Labute approximate surface area is 109 Å². The molecule has 0 bridgehead atoms. The van der Waals surface area contributed by atoms with Gasteiger partial charge in [0.05, 0.1) is 11.0 Å². The van der Waals surface area contributed by atoms with Gasteiger partial charge in [0.25, 0.3) is 5.56 Å². The molecule has 0 spiro atoms. The van der Waals surface area contributed by atoms with Gasteiger partial charge >= 0.3 is 0 Å². The van der Waals surface area contributed by atoms with Crippen LogP contribution in [-0.4, -0.2) is 47.5 Å². The third kappa shape index (κ3) is 2.16. The summed E-state index contributed by atoms with van der Waals surface area (Å²) in [7, 11) is 0. The van der Waals surface area contributed by atoms with E-state index in [9.17, 15) is 9.59 Å². The summed E-state index contributed by atoms with van der Waals surface area (Å²) in [6.45, 7) is 2.51. The van der Waals surface area contributed by atoms with Crippen molar-refractivity contribution in [2.45, 2.75) is 0 Å². The molecule has 0 aliphatic carbocycles. The van der Waals surface area contributed by atoms with Gasteiger partial charge in [0.2, 0.25) is 6.41 Å². The summed E-state index contributed by atoms with van der Waals surface area (Å²) < 4.78 is 0. The van der Waals surface area contributed by atoms with Gasteiger partial charge in [-0.25, -0.2) is 4.98 Å². The first kappa shape index (κ1) is 11.7. The van der Waals surface area contributed by atoms with E-state index in [0.29, 0.717) is 32.0 Å². The van der Waals surface area contributed by atoms with Gasteiger partial charge < -0.3 is 14.8 Å². The predicted molar refractivity (Wildman–Crippen MR) is 72.2 cm³/mol. The summed E-state index contributed by atoms with van der Waals surface area (Å²) in [5.41, 5.74) is 1.33. The van der Waals surface area contributed by atoms with E-state index in [1.54, 1.807) is 4.90 Å². The summed E-state index contributed by atoms with van der Waals surface area (Å²) >= 11 is 0. The minimum absolute atomic E-state index is 0.182. The van der Waals surface area contributed by atoms with Gasteiger partial charge in [-0.15, -0.1) is 0 Å². The molecule has 6 heteroatoms. The van der Waals surface area contributed by atoms with Crippen molar-refractivity contribution in [1.82, 2.24) is 14.9 Å². The van der Waals surface area contributed by atoms with E-state index in [4.69, 9.17) is 0 Å². The number of para-hydroxylation sites is 2. The number of rotatable bonds is 2. The first-order valence-corrected chi connectivity index (χ1v) is 6.21. The lowest BCUT2D eigenvalue weighted by Crippen LogP contribution is -2.47. The maximum absolute atomic E-state index is 12.0. The van der Waals surface area contributed by atoms with Crippen LogP contribution in [0.1, 0.15) is 0 Å². The van der Waals surface area contributed by atoms with Crippen molar-refractivity contribution in [3.05, 3.63) is 34.6 Å². The average molecular weight is 258 g/mol. The Hall–Kier alpha value is -2.37. The van der Waals surface area contributed by atoms with Crippen LogP contribution in [0.5, 0.6) is 0 Å². The van der Waals surface area contributed by atoms with Crippen molar-refractivity contribution >= 4 is 23.3 Å². The number of H-pyrrole nitrogens is 1. The molecule has 0 atom stereocenters. The maximum atomic E-state index is 12.0. The summed E-state index contributed by atoms with van der Waals surface area (Å²) in [5.74, 6) is 0.434. The number of aromatic amines is 1. The highest BCUT2D eigenvalue weighted by atomic mass is 16.1. The highest BCUT2D eigenvalue weighted by Gasteiger charge is 2.19. The topological polar surface area (TPSA) is 69.3 Å². The number of nitrogens with zero attached hydrogens (tertiary/aromatic N) is 3. The van der Waals surface area contributed by atoms with Crippen molar-refractivity contribution in [3.63, 3.8) is 0 Å². The Kier molecular flexibility index (Phi) is 2.91. The van der Waals surface area contributed by atoms with Crippen molar-refractivity contribution in [1.29, 1.82) is 0 Å². The first-order valence-electron chi connectivity index (χ1n) is 6.21. The van der Waals surface area contributed by atoms with Crippen molar-refractivity contribution < 1.29 is 4.79 Å². The molecule has 1 aliphatic rings. The zero-order chi connectivity index (χ0) is 13.2. The van der Waals surface area contributed by atoms with Crippen LogP contribution in [-0.2, 0) is 4.79 Å². The van der Waals surface area contributed by atoms with Gasteiger partial charge in [-0.05, 0) is 12.1 Å². The van der Waals surface area contributed by atoms with Crippen LogP contribution in [0.2, 0.25) is 0 Å². The van der Waals surface area contributed by atoms with E-state index in [-0.39, 0.29) is 5.56 Å². The third-order valence-electron chi connectivity index (χ3n) is 3.34. The minimum Gasteiger partial charge on any atom is -0.348 e. The lowest BCUT2D eigenvalue weighted by atomic mass is 10.3. The van der Waals surface area contributed by atoms with Gasteiger partial charge in [-0.1, -0.05) is 12.1 Å². The molecule has 3 rings (SSSR count). The Morgan fingerprint density at radius 3 is 2.63 bits per heavy atom. The van der Waals surface area contributed by atoms with Crippen molar-refractivity contribution in [3.8, 4) is 0 Å². The molecule has 6 nitrogen and oxygen atoms in total. The fourth-order valence-electron chi connectivity index (χ4n) is 2.27. The molecule has 1 aromatic heterocycles. The van der Waals surface area contributed by atoms with Gasteiger partial charge in [-0.2, -0.15) is 0 Å². The normalized spacial score (nSPS) is 15.8. The molecule has 2 heterocycles. The molecule has 0 unspecified atom stereocenters. The molecule has 19 heavy (non-hydrogen) atoms. The Morgan fingerprint density at radius 2 is 1.89 bits per heavy atom. The molecule has 98 valence electrons. The highest BCUT2D eigenvalue weighted by Crippen LogP contribution is 2.12. The number of hydrogen-bond acceptors (Lipinski definition) is 4. The summed E-state index contributed by atoms with van der Waals surface area (Å²) in [5, 5.41) is 0. The molecule has 1 fully saturated rings. The lowest BCUT2D eigenvalue weighted by Gasteiger charge is -2.32. The lowest BCUT2D eigenvalue weighted by molar-refractivity contribution is -0.118. The van der Waals surface area contributed by atoms with Crippen LogP contribution in [0.15, 0.2) is 29.1 Å². The Balaban J connectivity index is 1.94. The fraction of sp³-hybridized carbons (Fsp3) is 0.308. The number of piperazine rings is 1. The number of benzene rings is 1. The molecule has 1 aromatic carbocycles. The van der Waals surface area contributed by atoms with Crippen LogP contribution in [0.25, 0.3) is 11.0 Å². The Bertz CT molecular complexity index is 659. The minimum atomic E-state index is -0.182. The molecule has 1 N–H and O–H groups in total. The fourth-order valence-corrected chi connectivity index (χ4v) is 2.27. The van der Waals surface area contributed by atoms with E-state index in [1.807, 2.05) is 29.2 Å². The number of anilines is 1. The van der Waals surface area contributed by atoms with E-state index in [1.165, 1.54) is 0 Å². The van der Waals surface area contributed by atoms with Gasteiger partial charge in [0.1, 0.15) is 0 Å². The van der Waals surface area contributed by atoms with Crippen LogP contribution >= 0.6 is 0 Å².